The molecule has 0 unspecified atom stereocenters. The van der Waals surface area contributed by atoms with Crippen LogP contribution in [0.4, 0.5) is 5.82 Å². The minimum absolute atomic E-state index is 0.158. The molecule has 2 rings (SSSR count). The first-order valence-electron chi connectivity index (χ1n) is 8.63. The van der Waals surface area contributed by atoms with Gasteiger partial charge in [-0.15, -0.1) is 0 Å². The van der Waals surface area contributed by atoms with Crippen LogP contribution in [0.5, 0.6) is 0 Å². The third-order valence-corrected chi connectivity index (χ3v) is 4.05. The summed E-state index contributed by atoms with van der Waals surface area (Å²) in [5.74, 6) is -0.344. The van der Waals surface area contributed by atoms with Gasteiger partial charge in [-0.25, -0.2) is 4.68 Å². The lowest BCUT2D eigenvalue weighted by molar-refractivity contribution is -0.153. The number of carbonyl (C=O) groups is 2. The highest BCUT2D eigenvalue weighted by Gasteiger charge is 2.20. The molecular formula is C17H26N4O4. The van der Waals surface area contributed by atoms with Crippen molar-refractivity contribution in [3.05, 3.63) is 24.4 Å². The van der Waals surface area contributed by atoms with Crippen molar-refractivity contribution in [2.75, 3.05) is 25.5 Å². The molecule has 0 spiro atoms. The van der Waals surface area contributed by atoms with Gasteiger partial charge in [-0.1, -0.05) is 13.8 Å². The highest BCUT2D eigenvalue weighted by molar-refractivity contribution is 5.72. The molecule has 1 fully saturated rings. The Morgan fingerprint density at radius 2 is 1.84 bits per heavy atom. The van der Waals surface area contributed by atoms with E-state index in [2.05, 4.69) is 22.4 Å². The van der Waals surface area contributed by atoms with Crippen LogP contribution >= 0.6 is 0 Å². The van der Waals surface area contributed by atoms with E-state index in [1.807, 2.05) is 10.7 Å². The predicted octanol–water partition coefficient (Wildman–Crippen LogP) is 2.27. The highest BCUT2D eigenvalue weighted by Crippen LogP contribution is 2.24. The van der Waals surface area contributed by atoms with E-state index in [4.69, 9.17) is 9.47 Å². The first-order valence-corrected chi connectivity index (χ1v) is 8.63. The van der Waals surface area contributed by atoms with Gasteiger partial charge in [0.1, 0.15) is 5.82 Å². The van der Waals surface area contributed by atoms with Crippen LogP contribution in [0.2, 0.25) is 0 Å². The molecule has 0 bridgehead atoms. The topological polar surface area (TPSA) is 85.7 Å². The van der Waals surface area contributed by atoms with Gasteiger partial charge in [0.25, 0.3) is 0 Å². The summed E-state index contributed by atoms with van der Waals surface area (Å²) in [4.78, 5) is 25.3. The van der Waals surface area contributed by atoms with Gasteiger partial charge in [0.05, 0.1) is 18.4 Å². The first kappa shape index (κ1) is 19.0. The molecule has 1 aliphatic rings. The van der Waals surface area contributed by atoms with Gasteiger partial charge < -0.3 is 19.7 Å². The standard InChI is InChI=1S/C17H26N4O4/c1-4-15(22)24-17(25-16(23)5-2)12-18-14-6-9-19-21(14)13-7-10-20(3)11-8-13/h6,9,12-13,18H,4-5,7-8,10-11H2,1-3H3. The van der Waals surface area contributed by atoms with Crippen LogP contribution in [0.1, 0.15) is 45.6 Å². The molecule has 25 heavy (non-hydrogen) atoms. The summed E-state index contributed by atoms with van der Waals surface area (Å²) in [6.45, 7) is 5.38. The molecule has 1 aliphatic heterocycles. The van der Waals surface area contributed by atoms with Crippen LogP contribution in [0, 0.1) is 0 Å². The van der Waals surface area contributed by atoms with Gasteiger partial charge in [0.2, 0.25) is 0 Å². The average Bonchev–Trinajstić information content (AvgIpc) is 3.08. The number of ether oxygens (including phenoxy) is 2. The molecule has 1 aromatic rings. The molecule has 0 aliphatic carbocycles. The molecular weight excluding hydrogens is 324 g/mol. The second kappa shape index (κ2) is 9.22. The zero-order chi connectivity index (χ0) is 18.2. The summed E-state index contributed by atoms with van der Waals surface area (Å²) in [6, 6.07) is 2.14. The number of anilines is 1. The summed E-state index contributed by atoms with van der Waals surface area (Å²) in [5.41, 5.74) is 0. The SMILES string of the molecule is CCC(=O)OC(=CNc1ccnn1C1CCN(C)CC1)OC(=O)CC. The van der Waals surface area contributed by atoms with Gasteiger partial charge in [-0.2, -0.15) is 5.10 Å². The number of likely N-dealkylation sites (tertiary alicyclic amines) is 1. The molecule has 0 radical (unpaired) electrons. The summed E-state index contributed by atoms with van der Waals surface area (Å²) < 4.78 is 12.0. The van der Waals surface area contributed by atoms with Crippen molar-refractivity contribution < 1.29 is 19.1 Å². The van der Waals surface area contributed by atoms with E-state index in [9.17, 15) is 9.59 Å². The predicted molar refractivity (Wildman–Crippen MR) is 92.5 cm³/mol. The van der Waals surface area contributed by atoms with Crippen LogP contribution in [0.25, 0.3) is 0 Å². The van der Waals surface area contributed by atoms with Crippen LogP contribution in [0.3, 0.4) is 0 Å². The number of nitrogens with one attached hydrogen (secondary N) is 1. The maximum absolute atomic E-state index is 11.5. The quantitative estimate of drug-likeness (QED) is 0.596. The number of esters is 2. The lowest BCUT2D eigenvalue weighted by Gasteiger charge is -2.29. The van der Waals surface area contributed by atoms with Crippen molar-refractivity contribution in [2.45, 2.75) is 45.6 Å². The van der Waals surface area contributed by atoms with Crippen molar-refractivity contribution in [3.63, 3.8) is 0 Å². The third-order valence-electron chi connectivity index (χ3n) is 4.05. The molecule has 1 aromatic heterocycles. The molecule has 0 amide bonds. The zero-order valence-corrected chi connectivity index (χ0v) is 15.0. The van der Waals surface area contributed by atoms with E-state index >= 15 is 0 Å². The van der Waals surface area contributed by atoms with E-state index in [0.29, 0.717) is 6.04 Å². The summed E-state index contributed by atoms with van der Waals surface area (Å²) in [6.07, 6.45) is 5.50. The van der Waals surface area contributed by atoms with Gasteiger partial charge >= 0.3 is 17.9 Å². The van der Waals surface area contributed by atoms with Gasteiger partial charge in [-0.05, 0) is 33.0 Å². The summed E-state index contributed by atoms with van der Waals surface area (Å²) in [7, 11) is 2.11. The maximum atomic E-state index is 11.5. The molecule has 0 atom stereocenters. The molecule has 0 aromatic carbocycles. The normalized spacial score (nSPS) is 15.5. The Morgan fingerprint density at radius 3 is 2.40 bits per heavy atom. The van der Waals surface area contributed by atoms with Crippen LogP contribution < -0.4 is 5.32 Å². The molecule has 2 heterocycles. The largest absolute Gasteiger partial charge is 0.391 e. The Morgan fingerprint density at radius 1 is 1.24 bits per heavy atom. The number of hydrogen-bond acceptors (Lipinski definition) is 7. The second-order valence-electron chi connectivity index (χ2n) is 5.96. The number of nitrogens with zero attached hydrogens (tertiary/aromatic N) is 3. The van der Waals surface area contributed by atoms with Crippen LogP contribution in [0.15, 0.2) is 24.4 Å². The van der Waals surface area contributed by atoms with Crippen molar-refractivity contribution in [3.8, 4) is 0 Å². The number of hydrogen-bond donors (Lipinski definition) is 1. The fraction of sp³-hybridized carbons (Fsp3) is 0.588. The highest BCUT2D eigenvalue weighted by atomic mass is 16.7. The first-order chi connectivity index (χ1) is 12.0. The van der Waals surface area contributed by atoms with Crippen molar-refractivity contribution in [1.82, 2.24) is 14.7 Å². The fourth-order valence-electron chi connectivity index (χ4n) is 2.54. The Balaban J connectivity index is 2.07. The van der Waals surface area contributed by atoms with Crippen LogP contribution in [-0.4, -0.2) is 46.8 Å². The van der Waals surface area contributed by atoms with Gasteiger partial charge in [-0.3, -0.25) is 9.59 Å². The van der Waals surface area contributed by atoms with E-state index < -0.39 is 11.9 Å². The molecule has 1 N–H and O–H groups in total. The zero-order valence-electron chi connectivity index (χ0n) is 15.0. The summed E-state index contributed by atoms with van der Waals surface area (Å²) in [5, 5.41) is 7.42. The molecule has 0 saturated carbocycles. The lowest BCUT2D eigenvalue weighted by atomic mass is 10.1. The fourth-order valence-corrected chi connectivity index (χ4v) is 2.54. The third kappa shape index (κ3) is 5.60. The lowest BCUT2D eigenvalue weighted by Crippen LogP contribution is -2.32. The Bertz CT molecular complexity index is 598. The number of piperidine rings is 1. The molecule has 8 nitrogen and oxygen atoms in total. The Hall–Kier alpha value is -2.35. The molecule has 1 saturated heterocycles. The average molecular weight is 350 g/mol. The van der Waals surface area contributed by atoms with Gasteiger partial charge in [0, 0.05) is 18.9 Å². The second-order valence-corrected chi connectivity index (χ2v) is 5.96. The van der Waals surface area contributed by atoms with E-state index in [0.717, 1.165) is 31.7 Å². The Labute approximate surface area is 147 Å². The van der Waals surface area contributed by atoms with Crippen LogP contribution in [-0.2, 0) is 19.1 Å². The van der Waals surface area contributed by atoms with E-state index in [-0.39, 0.29) is 18.8 Å². The van der Waals surface area contributed by atoms with Crippen molar-refractivity contribution >= 4 is 17.8 Å². The Kier molecular flexibility index (Phi) is 7.00. The monoisotopic (exact) mass is 350 g/mol. The number of rotatable bonds is 7. The maximum Gasteiger partial charge on any atom is 0.313 e. The van der Waals surface area contributed by atoms with Crippen molar-refractivity contribution in [2.24, 2.45) is 0 Å². The number of carbonyl (C=O) groups excluding carboxylic acids is 2. The minimum atomic E-state index is -0.472. The van der Waals surface area contributed by atoms with Crippen molar-refractivity contribution in [1.29, 1.82) is 0 Å². The minimum Gasteiger partial charge on any atom is -0.391 e. The van der Waals surface area contributed by atoms with E-state index in [1.165, 1.54) is 6.20 Å². The summed E-state index contributed by atoms with van der Waals surface area (Å²) >= 11 is 0. The molecule has 8 heteroatoms. The smallest absolute Gasteiger partial charge is 0.313 e. The van der Waals surface area contributed by atoms with Gasteiger partial charge in [0.15, 0.2) is 0 Å². The molecule has 138 valence electrons. The van der Waals surface area contributed by atoms with E-state index in [1.54, 1.807) is 20.0 Å². The number of aromatic nitrogens is 2.